The zero-order chi connectivity index (χ0) is 13.1. The van der Waals surface area contributed by atoms with Gasteiger partial charge in [0.1, 0.15) is 12.4 Å². The summed E-state index contributed by atoms with van der Waals surface area (Å²) >= 11 is 3.47. The number of halogens is 1. The van der Waals surface area contributed by atoms with Crippen molar-refractivity contribution in [2.75, 3.05) is 18.1 Å². The van der Waals surface area contributed by atoms with E-state index in [1.54, 1.807) is 6.92 Å². The maximum Gasteiger partial charge on any atom is 0.153 e. The topological polar surface area (TPSA) is 43.4 Å². The molecular weight excluding hydrogens is 304 g/mol. The highest BCUT2D eigenvalue weighted by atomic mass is 79.9. The van der Waals surface area contributed by atoms with Crippen molar-refractivity contribution in [2.45, 2.75) is 20.8 Å². The number of hydrogen-bond donors (Lipinski definition) is 0. The van der Waals surface area contributed by atoms with E-state index < -0.39 is 9.84 Å². The van der Waals surface area contributed by atoms with Crippen molar-refractivity contribution in [2.24, 2.45) is 0 Å². The van der Waals surface area contributed by atoms with Gasteiger partial charge in [-0.15, -0.1) is 0 Å². The van der Waals surface area contributed by atoms with Gasteiger partial charge in [0.15, 0.2) is 9.84 Å². The van der Waals surface area contributed by atoms with Gasteiger partial charge in [-0.05, 0) is 37.1 Å². The Morgan fingerprint density at radius 1 is 1.24 bits per heavy atom. The maximum atomic E-state index is 11.3. The predicted molar refractivity (Wildman–Crippen MR) is 73.4 cm³/mol. The van der Waals surface area contributed by atoms with Gasteiger partial charge in [-0.3, -0.25) is 0 Å². The molecule has 0 spiro atoms. The van der Waals surface area contributed by atoms with E-state index in [0.717, 1.165) is 21.3 Å². The Balaban J connectivity index is 2.65. The van der Waals surface area contributed by atoms with E-state index in [2.05, 4.69) is 15.9 Å². The minimum Gasteiger partial charge on any atom is -0.493 e. The van der Waals surface area contributed by atoms with Crippen LogP contribution in [0.25, 0.3) is 0 Å². The quantitative estimate of drug-likeness (QED) is 0.837. The Labute approximate surface area is 111 Å². The second kappa shape index (κ2) is 5.87. The minimum atomic E-state index is -2.95. The Morgan fingerprint density at radius 3 is 2.24 bits per heavy atom. The third-order valence-electron chi connectivity index (χ3n) is 2.51. The summed E-state index contributed by atoms with van der Waals surface area (Å²) in [4.78, 5) is 0. The Kier molecular flexibility index (Phi) is 5.01. The van der Waals surface area contributed by atoms with E-state index in [1.165, 1.54) is 0 Å². The average Bonchev–Trinajstić information content (AvgIpc) is 2.25. The first-order valence-electron chi connectivity index (χ1n) is 5.45. The first-order chi connectivity index (χ1) is 7.85. The third kappa shape index (κ3) is 4.32. The van der Waals surface area contributed by atoms with Crippen molar-refractivity contribution in [3.8, 4) is 5.75 Å². The van der Waals surface area contributed by atoms with E-state index in [0.29, 0.717) is 0 Å². The van der Waals surface area contributed by atoms with Crippen LogP contribution in [0.15, 0.2) is 16.6 Å². The summed E-state index contributed by atoms with van der Waals surface area (Å²) in [6.45, 7) is 5.80. The van der Waals surface area contributed by atoms with Gasteiger partial charge in [0, 0.05) is 10.2 Å². The summed E-state index contributed by atoms with van der Waals surface area (Å²) in [5.41, 5.74) is 2.16. The summed E-state index contributed by atoms with van der Waals surface area (Å²) in [7, 11) is -2.95. The molecule has 0 atom stereocenters. The Morgan fingerprint density at radius 2 is 1.76 bits per heavy atom. The molecule has 0 saturated carbocycles. The van der Waals surface area contributed by atoms with Crippen molar-refractivity contribution >= 4 is 25.8 Å². The highest BCUT2D eigenvalue weighted by Gasteiger charge is 2.08. The summed E-state index contributed by atoms with van der Waals surface area (Å²) in [6.07, 6.45) is 0. The fourth-order valence-electron chi connectivity index (χ4n) is 1.42. The molecule has 17 heavy (non-hydrogen) atoms. The van der Waals surface area contributed by atoms with Gasteiger partial charge in [-0.2, -0.15) is 0 Å². The van der Waals surface area contributed by atoms with Crippen LogP contribution in [-0.4, -0.2) is 26.5 Å². The lowest BCUT2D eigenvalue weighted by Crippen LogP contribution is -2.15. The minimum absolute atomic E-state index is 0.0671. The van der Waals surface area contributed by atoms with Crippen molar-refractivity contribution in [1.82, 2.24) is 0 Å². The van der Waals surface area contributed by atoms with Crippen LogP contribution in [0.2, 0.25) is 0 Å². The molecule has 0 unspecified atom stereocenters. The van der Waals surface area contributed by atoms with Gasteiger partial charge in [-0.25, -0.2) is 8.42 Å². The van der Waals surface area contributed by atoms with Crippen molar-refractivity contribution in [1.29, 1.82) is 0 Å². The summed E-state index contributed by atoms with van der Waals surface area (Å²) in [5.74, 6) is 0.946. The van der Waals surface area contributed by atoms with Gasteiger partial charge in [0.05, 0.1) is 5.75 Å². The summed E-state index contributed by atoms with van der Waals surface area (Å²) in [6, 6.07) is 3.80. The number of rotatable bonds is 5. The van der Waals surface area contributed by atoms with Gasteiger partial charge in [-0.1, -0.05) is 22.9 Å². The molecule has 0 radical (unpaired) electrons. The van der Waals surface area contributed by atoms with E-state index in [4.69, 9.17) is 4.74 Å². The van der Waals surface area contributed by atoms with Gasteiger partial charge < -0.3 is 4.74 Å². The molecule has 3 nitrogen and oxygen atoms in total. The van der Waals surface area contributed by atoms with Gasteiger partial charge in [0.2, 0.25) is 0 Å². The predicted octanol–water partition coefficient (Wildman–Crippen LogP) is 2.88. The average molecular weight is 321 g/mol. The zero-order valence-electron chi connectivity index (χ0n) is 10.3. The third-order valence-corrected chi connectivity index (χ3v) is 5.43. The number of aryl methyl sites for hydroxylation is 2. The lowest BCUT2D eigenvalue weighted by molar-refractivity contribution is 0.340. The highest BCUT2D eigenvalue weighted by molar-refractivity contribution is 9.10. The Bertz CT molecular complexity index is 471. The molecule has 0 aliphatic carbocycles. The summed E-state index contributed by atoms with van der Waals surface area (Å²) < 4.78 is 29.1. The van der Waals surface area contributed by atoms with Crippen LogP contribution in [0.4, 0.5) is 0 Å². The molecule has 1 aromatic carbocycles. The number of sulfone groups is 1. The van der Waals surface area contributed by atoms with Crippen molar-refractivity contribution in [3.05, 3.63) is 27.7 Å². The fraction of sp³-hybridized carbons (Fsp3) is 0.500. The molecule has 96 valence electrons. The molecule has 0 bridgehead atoms. The van der Waals surface area contributed by atoms with E-state index in [1.807, 2.05) is 26.0 Å². The van der Waals surface area contributed by atoms with Crippen LogP contribution in [-0.2, 0) is 9.84 Å². The molecular formula is C12H17BrO3S. The van der Waals surface area contributed by atoms with Crippen LogP contribution >= 0.6 is 15.9 Å². The highest BCUT2D eigenvalue weighted by Crippen LogP contribution is 2.26. The molecule has 1 aromatic rings. The largest absolute Gasteiger partial charge is 0.493 e. The SMILES string of the molecule is CCS(=O)(=O)CCOc1cc(C)c(Br)c(C)c1. The molecule has 0 N–H and O–H groups in total. The second-order valence-electron chi connectivity index (χ2n) is 3.96. The molecule has 5 heteroatoms. The lowest BCUT2D eigenvalue weighted by Gasteiger charge is -2.10. The molecule has 0 aliphatic heterocycles. The van der Waals surface area contributed by atoms with E-state index >= 15 is 0 Å². The molecule has 1 rings (SSSR count). The smallest absolute Gasteiger partial charge is 0.153 e. The normalized spacial score (nSPS) is 11.5. The van der Waals surface area contributed by atoms with Crippen molar-refractivity contribution in [3.63, 3.8) is 0 Å². The monoisotopic (exact) mass is 320 g/mol. The van der Waals surface area contributed by atoms with E-state index in [-0.39, 0.29) is 18.1 Å². The molecule has 0 aliphatic rings. The van der Waals surface area contributed by atoms with Crippen LogP contribution in [0.3, 0.4) is 0 Å². The van der Waals surface area contributed by atoms with E-state index in [9.17, 15) is 8.42 Å². The lowest BCUT2D eigenvalue weighted by atomic mass is 10.1. The fourth-order valence-corrected chi connectivity index (χ4v) is 2.28. The molecule has 0 aromatic heterocycles. The number of ether oxygens (including phenoxy) is 1. The zero-order valence-corrected chi connectivity index (χ0v) is 12.7. The molecule has 0 fully saturated rings. The summed E-state index contributed by atoms with van der Waals surface area (Å²) in [5, 5.41) is 0. The first-order valence-corrected chi connectivity index (χ1v) is 8.07. The number of hydrogen-bond acceptors (Lipinski definition) is 3. The Hall–Kier alpha value is -0.550. The number of benzene rings is 1. The van der Waals surface area contributed by atoms with Crippen molar-refractivity contribution < 1.29 is 13.2 Å². The molecule has 0 saturated heterocycles. The maximum absolute atomic E-state index is 11.3. The van der Waals surface area contributed by atoms with Crippen LogP contribution in [0.5, 0.6) is 5.75 Å². The first kappa shape index (κ1) is 14.5. The molecule has 0 amide bonds. The van der Waals surface area contributed by atoms with Crippen LogP contribution in [0, 0.1) is 13.8 Å². The van der Waals surface area contributed by atoms with Gasteiger partial charge in [0.25, 0.3) is 0 Å². The van der Waals surface area contributed by atoms with Gasteiger partial charge >= 0.3 is 0 Å². The molecule has 0 heterocycles. The second-order valence-corrected chi connectivity index (χ2v) is 7.22. The van der Waals surface area contributed by atoms with Crippen LogP contribution < -0.4 is 4.74 Å². The standard InChI is InChI=1S/C12H17BrO3S/c1-4-17(14,15)6-5-16-11-7-9(2)12(13)10(3)8-11/h7-8H,4-6H2,1-3H3. The van der Waals surface area contributed by atoms with Crippen LogP contribution in [0.1, 0.15) is 18.1 Å².